The molecule has 0 aliphatic carbocycles. The van der Waals surface area contributed by atoms with E-state index < -0.39 is 17.4 Å². The zero-order valence-electron chi connectivity index (χ0n) is 12.8. The lowest BCUT2D eigenvalue weighted by Crippen LogP contribution is -2.46. The van der Waals surface area contributed by atoms with Crippen molar-refractivity contribution in [3.63, 3.8) is 0 Å². The Morgan fingerprint density at radius 1 is 1.23 bits per heavy atom. The second-order valence-electron chi connectivity index (χ2n) is 5.60. The number of amides is 3. The Balaban J connectivity index is 2.29. The molecule has 1 fully saturated rings. The van der Waals surface area contributed by atoms with Gasteiger partial charge in [-0.05, 0) is 25.0 Å². The Kier molecular flexibility index (Phi) is 5.06. The van der Waals surface area contributed by atoms with Gasteiger partial charge >= 0.3 is 6.03 Å². The predicted molar refractivity (Wildman–Crippen MR) is 83.0 cm³/mol. The number of carbonyl (C=O) groups excluding carboxylic acids is 2. The molecule has 1 aromatic rings. The maximum atomic E-state index is 13.9. The summed E-state index contributed by atoms with van der Waals surface area (Å²) in [5.41, 5.74) is -0.699. The van der Waals surface area contributed by atoms with E-state index in [9.17, 15) is 14.0 Å². The first-order chi connectivity index (χ1) is 10.4. The van der Waals surface area contributed by atoms with Gasteiger partial charge < -0.3 is 5.32 Å². The lowest BCUT2D eigenvalue weighted by atomic mass is 9.88. The first-order valence-corrected chi connectivity index (χ1v) is 7.90. The number of hydrogen-bond donors (Lipinski definition) is 1. The second kappa shape index (κ2) is 6.65. The average molecular weight is 327 g/mol. The summed E-state index contributed by atoms with van der Waals surface area (Å²) in [4.78, 5) is 26.0. The van der Waals surface area contributed by atoms with E-state index in [-0.39, 0.29) is 23.0 Å². The summed E-state index contributed by atoms with van der Waals surface area (Å²) < 4.78 is 13.9. The highest BCUT2D eigenvalue weighted by atomic mass is 35.5. The van der Waals surface area contributed by atoms with Gasteiger partial charge in [-0.25, -0.2) is 9.18 Å². The number of benzene rings is 1. The smallest absolute Gasteiger partial charge is 0.323 e. The molecule has 0 saturated carbocycles. The minimum Gasteiger partial charge on any atom is -0.323 e. The number of rotatable bonds is 6. The van der Waals surface area contributed by atoms with Gasteiger partial charge in [-0.1, -0.05) is 44.4 Å². The molecule has 1 aliphatic heterocycles. The molecular weight excluding hydrogens is 307 g/mol. The molecule has 4 nitrogen and oxygen atoms in total. The van der Waals surface area contributed by atoms with Gasteiger partial charge in [0.05, 0.1) is 6.54 Å². The summed E-state index contributed by atoms with van der Waals surface area (Å²) in [5.74, 6) is -0.808. The van der Waals surface area contributed by atoms with Gasteiger partial charge in [0.2, 0.25) is 0 Å². The third-order valence-electron chi connectivity index (χ3n) is 3.98. The first-order valence-electron chi connectivity index (χ1n) is 7.52. The lowest BCUT2D eigenvalue weighted by molar-refractivity contribution is -0.132. The van der Waals surface area contributed by atoms with E-state index in [4.69, 9.17) is 11.6 Å². The van der Waals surface area contributed by atoms with Crippen molar-refractivity contribution in [3.05, 3.63) is 34.6 Å². The summed E-state index contributed by atoms with van der Waals surface area (Å²) in [6.07, 6.45) is 2.71. The number of halogens is 2. The Bertz CT molecular complexity index is 565. The molecule has 1 heterocycles. The Morgan fingerprint density at radius 2 is 1.86 bits per heavy atom. The van der Waals surface area contributed by atoms with Crippen LogP contribution in [-0.4, -0.2) is 22.4 Å². The Labute approximate surface area is 134 Å². The molecule has 22 heavy (non-hydrogen) atoms. The molecule has 0 spiro atoms. The van der Waals surface area contributed by atoms with Crippen LogP contribution >= 0.6 is 11.6 Å². The van der Waals surface area contributed by atoms with Crippen LogP contribution in [-0.2, 0) is 11.3 Å². The maximum absolute atomic E-state index is 13.9. The monoisotopic (exact) mass is 326 g/mol. The molecule has 1 N–H and O–H groups in total. The third-order valence-corrected chi connectivity index (χ3v) is 4.33. The first kappa shape index (κ1) is 16.7. The average Bonchev–Trinajstić information content (AvgIpc) is 2.67. The highest BCUT2D eigenvalue weighted by molar-refractivity contribution is 6.31. The number of imide groups is 1. The van der Waals surface area contributed by atoms with Crippen molar-refractivity contribution < 1.29 is 14.0 Å². The van der Waals surface area contributed by atoms with E-state index in [0.29, 0.717) is 12.8 Å². The molecule has 120 valence electrons. The molecule has 0 bridgehead atoms. The SMILES string of the molecule is CCCC1(CCC)NC(=O)N(Cc2c(F)cccc2Cl)C1=O. The highest BCUT2D eigenvalue weighted by Gasteiger charge is 2.49. The van der Waals surface area contributed by atoms with Gasteiger partial charge in [0, 0.05) is 10.6 Å². The van der Waals surface area contributed by atoms with Crippen LogP contribution in [0.3, 0.4) is 0 Å². The lowest BCUT2D eigenvalue weighted by Gasteiger charge is -2.25. The summed E-state index contributed by atoms with van der Waals surface area (Å²) in [6, 6.07) is 3.83. The fourth-order valence-electron chi connectivity index (χ4n) is 2.98. The van der Waals surface area contributed by atoms with Crippen LogP contribution in [0.4, 0.5) is 9.18 Å². The maximum Gasteiger partial charge on any atom is 0.325 e. The number of urea groups is 1. The molecule has 0 unspecified atom stereocenters. The standard InChI is InChI=1S/C16H20ClFN2O2/c1-3-8-16(9-4-2)14(21)20(15(22)19-16)10-11-12(17)6-5-7-13(11)18/h5-7H,3-4,8-10H2,1-2H3,(H,19,22). The van der Waals surface area contributed by atoms with E-state index in [2.05, 4.69) is 5.32 Å². The molecule has 1 aromatic carbocycles. The molecule has 1 aliphatic rings. The van der Waals surface area contributed by atoms with E-state index in [0.717, 1.165) is 17.7 Å². The zero-order valence-corrected chi connectivity index (χ0v) is 13.5. The van der Waals surface area contributed by atoms with Crippen LogP contribution in [0.15, 0.2) is 18.2 Å². The largest absolute Gasteiger partial charge is 0.325 e. The van der Waals surface area contributed by atoms with Crippen LogP contribution in [0, 0.1) is 5.82 Å². The number of hydrogen-bond acceptors (Lipinski definition) is 2. The summed E-state index contributed by atoms with van der Waals surface area (Å²) in [7, 11) is 0. The van der Waals surface area contributed by atoms with Crippen LogP contribution in [0.25, 0.3) is 0 Å². The third kappa shape index (κ3) is 2.95. The Morgan fingerprint density at radius 3 is 2.41 bits per heavy atom. The van der Waals surface area contributed by atoms with Gasteiger partial charge in [0.25, 0.3) is 5.91 Å². The number of carbonyl (C=O) groups is 2. The molecule has 0 aromatic heterocycles. The van der Waals surface area contributed by atoms with Crippen molar-refractivity contribution in [2.75, 3.05) is 0 Å². The quantitative estimate of drug-likeness (QED) is 0.807. The zero-order chi connectivity index (χ0) is 16.3. The van der Waals surface area contributed by atoms with Crippen LogP contribution in [0.2, 0.25) is 5.02 Å². The van der Waals surface area contributed by atoms with Crippen LogP contribution < -0.4 is 5.32 Å². The normalized spacial score (nSPS) is 17.0. The van der Waals surface area contributed by atoms with E-state index in [1.807, 2.05) is 13.8 Å². The van der Waals surface area contributed by atoms with Crippen molar-refractivity contribution in [3.8, 4) is 0 Å². The molecule has 2 rings (SSSR count). The molecular formula is C16H20ClFN2O2. The summed E-state index contributed by atoms with van der Waals surface area (Å²) in [5, 5.41) is 3.01. The van der Waals surface area contributed by atoms with Gasteiger partial charge in [-0.15, -0.1) is 0 Å². The molecule has 0 radical (unpaired) electrons. The fourth-order valence-corrected chi connectivity index (χ4v) is 3.20. The van der Waals surface area contributed by atoms with Crippen LogP contribution in [0.5, 0.6) is 0 Å². The van der Waals surface area contributed by atoms with E-state index >= 15 is 0 Å². The van der Waals surface area contributed by atoms with Crippen molar-refractivity contribution in [1.29, 1.82) is 0 Å². The summed E-state index contributed by atoms with van der Waals surface area (Å²) >= 11 is 5.99. The number of nitrogens with one attached hydrogen (secondary N) is 1. The van der Waals surface area contributed by atoms with Crippen molar-refractivity contribution in [2.45, 2.75) is 51.6 Å². The molecule has 1 saturated heterocycles. The second-order valence-corrected chi connectivity index (χ2v) is 6.01. The van der Waals surface area contributed by atoms with E-state index in [1.54, 1.807) is 6.07 Å². The van der Waals surface area contributed by atoms with Crippen LogP contribution in [0.1, 0.15) is 45.1 Å². The van der Waals surface area contributed by atoms with Gasteiger partial charge in [-0.2, -0.15) is 0 Å². The molecule has 3 amide bonds. The van der Waals surface area contributed by atoms with Gasteiger partial charge in [0.15, 0.2) is 0 Å². The van der Waals surface area contributed by atoms with Gasteiger partial charge in [0.1, 0.15) is 11.4 Å². The minimum absolute atomic E-state index is 0.147. The molecule has 6 heteroatoms. The Hall–Kier alpha value is -1.62. The van der Waals surface area contributed by atoms with Gasteiger partial charge in [-0.3, -0.25) is 9.69 Å². The van der Waals surface area contributed by atoms with Crippen molar-refractivity contribution in [2.24, 2.45) is 0 Å². The van der Waals surface area contributed by atoms with Crippen molar-refractivity contribution in [1.82, 2.24) is 10.2 Å². The van der Waals surface area contributed by atoms with Crippen molar-refractivity contribution >= 4 is 23.5 Å². The topological polar surface area (TPSA) is 49.4 Å². The minimum atomic E-state index is -0.863. The molecule has 0 atom stereocenters. The fraction of sp³-hybridized carbons (Fsp3) is 0.500. The highest BCUT2D eigenvalue weighted by Crippen LogP contribution is 2.30. The van der Waals surface area contributed by atoms with E-state index in [1.165, 1.54) is 12.1 Å². The number of nitrogens with zero attached hydrogens (tertiary/aromatic N) is 1. The predicted octanol–water partition coefficient (Wildman–Crippen LogP) is 3.87. The summed E-state index contributed by atoms with van der Waals surface area (Å²) in [6.45, 7) is 3.78.